The molecule has 1 amide bonds. The van der Waals surface area contributed by atoms with Gasteiger partial charge in [0, 0.05) is 30.3 Å². The quantitative estimate of drug-likeness (QED) is 0.273. The first-order chi connectivity index (χ1) is 19.4. The molecule has 1 fully saturated rings. The van der Waals surface area contributed by atoms with Gasteiger partial charge in [-0.2, -0.15) is 0 Å². The van der Waals surface area contributed by atoms with E-state index in [1.165, 1.54) is 6.08 Å². The number of carbonyl (C=O) groups excluding carboxylic acids is 1. The number of rotatable bonds is 11. The minimum absolute atomic E-state index is 0.0197. The lowest BCUT2D eigenvalue weighted by Gasteiger charge is -2.39. The second kappa shape index (κ2) is 14.2. The molecule has 40 heavy (non-hydrogen) atoms. The fourth-order valence-electron chi connectivity index (χ4n) is 4.70. The van der Waals surface area contributed by atoms with Crippen molar-refractivity contribution in [3.63, 3.8) is 0 Å². The Morgan fingerprint density at radius 1 is 1.07 bits per heavy atom. The molecular weight excluding hydrogens is 508 g/mol. The van der Waals surface area contributed by atoms with Gasteiger partial charge < -0.3 is 24.4 Å². The van der Waals surface area contributed by atoms with Crippen LogP contribution in [0.25, 0.3) is 0 Å². The molecule has 1 heterocycles. The van der Waals surface area contributed by atoms with E-state index in [2.05, 4.69) is 16.8 Å². The maximum absolute atomic E-state index is 11.9. The van der Waals surface area contributed by atoms with Crippen molar-refractivity contribution in [1.29, 1.82) is 0 Å². The first-order valence-electron chi connectivity index (χ1n) is 13.5. The van der Waals surface area contributed by atoms with Gasteiger partial charge in [-0.25, -0.2) is 4.79 Å². The summed E-state index contributed by atoms with van der Waals surface area (Å²) in [6.07, 6.45) is -0.103. The van der Waals surface area contributed by atoms with Crippen LogP contribution in [0.5, 0.6) is 0 Å². The van der Waals surface area contributed by atoms with Crippen LogP contribution in [0.3, 0.4) is 0 Å². The molecule has 1 aliphatic heterocycles. The number of nitrogens with one attached hydrogen (secondary N) is 1. The zero-order valence-electron chi connectivity index (χ0n) is 23.0. The fraction of sp³-hybridized carbons (Fsp3) is 0.344. The fourth-order valence-corrected chi connectivity index (χ4v) is 4.70. The number of aliphatic hydroxyl groups is 2. The second-order valence-corrected chi connectivity index (χ2v) is 10.0. The summed E-state index contributed by atoms with van der Waals surface area (Å²) in [7, 11) is 1.99. The number of aliphatic hydroxyl groups excluding tert-OH is 2. The first kappa shape index (κ1) is 29.5. The number of carbonyl (C=O) groups is 1. The maximum atomic E-state index is 11.9. The van der Waals surface area contributed by atoms with E-state index in [0.717, 1.165) is 22.3 Å². The highest BCUT2D eigenvalue weighted by Gasteiger charge is 2.34. The highest BCUT2D eigenvalue weighted by Crippen LogP contribution is 2.38. The topological polar surface area (TPSA) is 100 Å². The molecule has 0 spiro atoms. The summed E-state index contributed by atoms with van der Waals surface area (Å²) >= 11 is 0. The maximum Gasteiger partial charge on any atom is 0.411 e. The average molecular weight is 547 g/mol. The van der Waals surface area contributed by atoms with Crippen LogP contribution in [-0.2, 0) is 20.8 Å². The molecule has 1 saturated heterocycles. The lowest BCUT2D eigenvalue weighted by atomic mass is 9.98. The Balaban J connectivity index is 1.49. The molecule has 4 rings (SSSR count). The summed E-state index contributed by atoms with van der Waals surface area (Å²) in [5, 5.41) is 23.1. The molecule has 5 atom stereocenters. The largest absolute Gasteiger partial charge is 0.445 e. The van der Waals surface area contributed by atoms with Crippen molar-refractivity contribution >= 4 is 11.8 Å². The molecule has 8 heteroatoms. The standard InChI is InChI=1S/C32H38N2O6/c1-4-18-38-32(37)33-27-16-14-26(15-17-27)31-39-28(19-29(40-31)24-12-10-23(21-35)11-13-24)20-34(3)22(2)30(36)25-8-6-5-7-9-25/h4-17,22,28-31,35-36H,1,18-21H2,2-3H3,(H,33,37)/t22-,28-,29+,30-,31+/m1/s1. The molecule has 0 saturated carbocycles. The van der Waals surface area contributed by atoms with Crippen molar-refractivity contribution in [2.75, 3.05) is 25.5 Å². The number of likely N-dealkylation sites (N-methyl/N-ethyl adjacent to an activating group) is 1. The van der Waals surface area contributed by atoms with Crippen molar-refractivity contribution in [1.82, 2.24) is 4.90 Å². The molecule has 3 aromatic rings. The van der Waals surface area contributed by atoms with E-state index in [1.807, 2.05) is 80.7 Å². The Kier molecular flexibility index (Phi) is 10.5. The molecule has 0 unspecified atom stereocenters. The third kappa shape index (κ3) is 7.78. The smallest absolute Gasteiger partial charge is 0.411 e. The van der Waals surface area contributed by atoms with Crippen molar-refractivity contribution in [3.05, 3.63) is 114 Å². The number of hydrogen-bond acceptors (Lipinski definition) is 7. The van der Waals surface area contributed by atoms with Gasteiger partial charge >= 0.3 is 6.09 Å². The molecule has 3 aromatic carbocycles. The SMILES string of the molecule is C=CCOC(=O)Nc1ccc([C@H]2O[C@@H](CN(C)[C@H](C)[C@@H](O)c3ccccc3)C[C@@H](c3ccc(CO)cc3)O2)cc1. The van der Waals surface area contributed by atoms with Gasteiger partial charge in [0.05, 0.1) is 24.9 Å². The number of benzene rings is 3. The summed E-state index contributed by atoms with van der Waals surface area (Å²) in [6, 6.07) is 24.5. The Morgan fingerprint density at radius 2 is 1.75 bits per heavy atom. The number of ether oxygens (including phenoxy) is 3. The van der Waals surface area contributed by atoms with E-state index in [4.69, 9.17) is 14.2 Å². The van der Waals surface area contributed by atoms with E-state index in [1.54, 1.807) is 12.1 Å². The first-order valence-corrected chi connectivity index (χ1v) is 13.5. The van der Waals surface area contributed by atoms with Crippen LogP contribution in [-0.4, -0.2) is 53.6 Å². The van der Waals surface area contributed by atoms with Crippen LogP contribution in [0.15, 0.2) is 91.5 Å². The summed E-state index contributed by atoms with van der Waals surface area (Å²) < 4.78 is 17.8. The number of hydrogen-bond donors (Lipinski definition) is 3. The van der Waals surface area contributed by atoms with Crippen LogP contribution in [0.1, 0.15) is 54.1 Å². The van der Waals surface area contributed by atoms with E-state index in [0.29, 0.717) is 18.7 Å². The van der Waals surface area contributed by atoms with Gasteiger partial charge in [0.15, 0.2) is 6.29 Å². The van der Waals surface area contributed by atoms with Gasteiger partial charge in [-0.1, -0.05) is 79.4 Å². The zero-order chi connectivity index (χ0) is 28.5. The summed E-state index contributed by atoms with van der Waals surface area (Å²) in [5.41, 5.74) is 4.11. The monoisotopic (exact) mass is 546 g/mol. The predicted molar refractivity (Wildman–Crippen MR) is 154 cm³/mol. The highest BCUT2D eigenvalue weighted by atomic mass is 16.7. The van der Waals surface area contributed by atoms with Crippen molar-refractivity contribution in [2.24, 2.45) is 0 Å². The van der Waals surface area contributed by atoms with Gasteiger partial charge in [-0.15, -0.1) is 0 Å². The Morgan fingerprint density at radius 3 is 2.40 bits per heavy atom. The third-order valence-electron chi connectivity index (χ3n) is 7.16. The molecule has 1 aliphatic rings. The summed E-state index contributed by atoms with van der Waals surface area (Å²) in [5.74, 6) is 0. The van der Waals surface area contributed by atoms with Crippen molar-refractivity contribution in [2.45, 2.75) is 50.6 Å². The number of anilines is 1. The number of amides is 1. The van der Waals surface area contributed by atoms with Crippen molar-refractivity contribution in [3.8, 4) is 0 Å². The lowest BCUT2D eigenvalue weighted by Crippen LogP contribution is -2.43. The molecule has 8 nitrogen and oxygen atoms in total. The van der Waals surface area contributed by atoms with Gasteiger partial charge in [0.2, 0.25) is 0 Å². The van der Waals surface area contributed by atoms with Gasteiger partial charge in [-0.3, -0.25) is 10.2 Å². The predicted octanol–water partition coefficient (Wildman–Crippen LogP) is 5.51. The molecule has 0 aliphatic carbocycles. The Hall–Kier alpha value is -3.53. The van der Waals surface area contributed by atoms with E-state index in [-0.39, 0.29) is 31.5 Å². The lowest BCUT2D eigenvalue weighted by molar-refractivity contribution is -0.253. The average Bonchev–Trinajstić information content (AvgIpc) is 3.00. The van der Waals surface area contributed by atoms with E-state index < -0.39 is 18.5 Å². The molecule has 0 radical (unpaired) electrons. The van der Waals surface area contributed by atoms with Crippen LogP contribution >= 0.6 is 0 Å². The van der Waals surface area contributed by atoms with E-state index >= 15 is 0 Å². The summed E-state index contributed by atoms with van der Waals surface area (Å²) in [6.45, 7) is 6.24. The molecular formula is C32H38N2O6. The zero-order valence-corrected chi connectivity index (χ0v) is 23.0. The van der Waals surface area contributed by atoms with Crippen LogP contribution in [0.4, 0.5) is 10.5 Å². The van der Waals surface area contributed by atoms with E-state index in [9.17, 15) is 15.0 Å². The van der Waals surface area contributed by atoms with Crippen molar-refractivity contribution < 1.29 is 29.2 Å². The third-order valence-corrected chi connectivity index (χ3v) is 7.16. The Labute approximate surface area is 235 Å². The van der Waals surface area contributed by atoms with Crippen LogP contribution in [0, 0.1) is 0 Å². The van der Waals surface area contributed by atoms with Gasteiger partial charge in [0.25, 0.3) is 0 Å². The summed E-state index contributed by atoms with van der Waals surface area (Å²) in [4.78, 5) is 14.0. The van der Waals surface area contributed by atoms with Crippen LogP contribution in [0.2, 0.25) is 0 Å². The molecule has 0 bridgehead atoms. The van der Waals surface area contributed by atoms with Gasteiger partial charge in [0.1, 0.15) is 6.61 Å². The minimum atomic E-state index is -0.637. The molecule has 212 valence electrons. The molecule has 3 N–H and O–H groups in total. The Bertz CT molecular complexity index is 1220. The number of nitrogens with zero attached hydrogens (tertiary/aromatic N) is 1. The second-order valence-electron chi connectivity index (χ2n) is 10.0. The highest BCUT2D eigenvalue weighted by molar-refractivity contribution is 5.84. The molecule has 0 aromatic heterocycles. The normalized spacial score (nSPS) is 20.5. The van der Waals surface area contributed by atoms with Crippen LogP contribution < -0.4 is 5.32 Å². The van der Waals surface area contributed by atoms with Gasteiger partial charge in [-0.05, 0) is 42.8 Å². The minimum Gasteiger partial charge on any atom is -0.445 e.